The van der Waals surface area contributed by atoms with Gasteiger partial charge in [0.25, 0.3) is 5.24 Å². The molecule has 0 spiro atoms. The standard InChI is InChI=1S/C17H19N3O3S/c21-15(11-20-8-9-24-17(20)22)19-7-3-4-12(10-19)16-18-13-5-1-2-6-14(13)23-16/h1-2,5-6,12H,3-4,7-11H2/t12-/m0/s1. The molecular weight excluding hydrogens is 326 g/mol. The summed E-state index contributed by atoms with van der Waals surface area (Å²) in [5, 5.41) is 0.0101. The predicted molar refractivity (Wildman–Crippen MR) is 92.0 cm³/mol. The van der Waals surface area contributed by atoms with E-state index in [0.717, 1.165) is 36.2 Å². The summed E-state index contributed by atoms with van der Waals surface area (Å²) in [4.78, 5) is 32.2. The highest BCUT2D eigenvalue weighted by atomic mass is 32.2. The lowest BCUT2D eigenvalue weighted by Gasteiger charge is -2.32. The maximum atomic E-state index is 12.5. The van der Waals surface area contributed by atoms with Gasteiger partial charge in [0.1, 0.15) is 12.1 Å². The Labute approximate surface area is 144 Å². The zero-order valence-electron chi connectivity index (χ0n) is 13.3. The molecule has 1 aromatic carbocycles. The Morgan fingerprint density at radius 2 is 2.21 bits per heavy atom. The minimum absolute atomic E-state index is 0.0101. The molecule has 0 unspecified atom stereocenters. The highest BCUT2D eigenvalue weighted by Gasteiger charge is 2.30. The van der Waals surface area contributed by atoms with E-state index in [0.29, 0.717) is 19.0 Å². The summed E-state index contributed by atoms with van der Waals surface area (Å²) >= 11 is 1.29. The number of carbonyl (C=O) groups is 2. The first-order valence-electron chi connectivity index (χ1n) is 8.25. The zero-order chi connectivity index (χ0) is 16.5. The van der Waals surface area contributed by atoms with Crippen molar-refractivity contribution in [3.05, 3.63) is 30.2 Å². The third-order valence-corrected chi connectivity index (χ3v) is 5.50. The smallest absolute Gasteiger partial charge is 0.282 e. The SMILES string of the molecule is O=C(CN1CCSC1=O)N1CCC[C@H](c2nc3ccccc3o2)C1. The van der Waals surface area contributed by atoms with Crippen molar-refractivity contribution in [3.63, 3.8) is 0 Å². The molecule has 6 nitrogen and oxygen atoms in total. The van der Waals surface area contributed by atoms with Crippen LogP contribution in [0.2, 0.25) is 0 Å². The highest BCUT2D eigenvalue weighted by molar-refractivity contribution is 8.13. The van der Waals surface area contributed by atoms with Crippen LogP contribution in [0.25, 0.3) is 11.1 Å². The number of rotatable bonds is 3. The van der Waals surface area contributed by atoms with Crippen LogP contribution in [0, 0.1) is 0 Å². The molecule has 0 N–H and O–H groups in total. The largest absolute Gasteiger partial charge is 0.440 e. The van der Waals surface area contributed by atoms with Crippen molar-refractivity contribution in [1.82, 2.24) is 14.8 Å². The molecule has 2 aliphatic rings. The van der Waals surface area contributed by atoms with Crippen LogP contribution in [0.4, 0.5) is 4.79 Å². The van der Waals surface area contributed by atoms with E-state index in [4.69, 9.17) is 4.42 Å². The fourth-order valence-electron chi connectivity index (χ4n) is 3.30. The van der Waals surface area contributed by atoms with Crippen molar-refractivity contribution in [1.29, 1.82) is 0 Å². The zero-order valence-corrected chi connectivity index (χ0v) is 14.1. The van der Waals surface area contributed by atoms with E-state index in [1.165, 1.54) is 11.8 Å². The molecule has 2 aliphatic heterocycles. The van der Waals surface area contributed by atoms with Crippen LogP contribution in [0.1, 0.15) is 24.7 Å². The fourth-order valence-corrected chi connectivity index (χ4v) is 4.13. The number of amides is 2. The second kappa shape index (κ2) is 6.47. The average molecular weight is 345 g/mol. The van der Waals surface area contributed by atoms with E-state index in [-0.39, 0.29) is 23.6 Å². The van der Waals surface area contributed by atoms with E-state index in [1.54, 1.807) is 4.90 Å². The number of likely N-dealkylation sites (tertiary alicyclic amines) is 1. The van der Waals surface area contributed by atoms with Gasteiger partial charge in [-0.3, -0.25) is 9.59 Å². The quantitative estimate of drug-likeness (QED) is 0.856. The van der Waals surface area contributed by atoms with Crippen molar-refractivity contribution in [2.24, 2.45) is 0 Å². The predicted octanol–water partition coefficient (Wildman–Crippen LogP) is 2.70. The van der Waals surface area contributed by atoms with E-state index in [2.05, 4.69) is 4.98 Å². The Morgan fingerprint density at radius 3 is 3.00 bits per heavy atom. The number of piperidine rings is 1. The van der Waals surface area contributed by atoms with Crippen molar-refractivity contribution in [3.8, 4) is 0 Å². The minimum Gasteiger partial charge on any atom is -0.440 e. The van der Waals surface area contributed by atoms with Gasteiger partial charge in [-0.05, 0) is 25.0 Å². The van der Waals surface area contributed by atoms with Crippen molar-refractivity contribution < 1.29 is 14.0 Å². The number of carbonyl (C=O) groups excluding carboxylic acids is 2. The van der Waals surface area contributed by atoms with Crippen molar-refractivity contribution in [2.45, 2.75) is 18.8 Å². The van der Waals surface area contributed by atoms with Crippen molar-refractivity contribution in [2.75, 3.05) is 31.9 Å². The summed E-state index contributed by atoms with van der Waals surface area (Å²) in [6.45, 7) is 2.20. The summed E-state index contributed by atoms with van der Waals surface area (Å²) in [6, 6.07) is 7.72. The molecular formula is C17H19N3O3S. The van der Waals surface area contributed by atoms with Crippen LogP contribution in [0.5, 0.6) is 0 Å². The summed E-state index contributed by atoms with van der Waals surface area (Å²) in [5.41, 5.74) is 1.64. The maximum absolute atomic E-state index is 12.5. The Kier molecular flexibility index (Phi) is 4.18. The lowest BCUT2D eigenvalue weighted by Crippen LogP contribution is -2.44. The Bertz CT molecular complexity index is 742. The number of oxazole rings is 1. The second-order valence-corrected chi connectivity index (χ2v) is 7.28. The summed E-state index contributed by atoms with van der Waals surface area (Å²) in [6.07, 6.45) is 1.90. The van der Waals surface area contributed by atoms with Gasteiger partial charge >= 0.3 is 0 Å². The number of aromatic nitrogens is 1. The van der Waals surface area contributed by atoms with Gasteiger partial charge in [0, 0.05) is 25.4 Å². The van der Waals surface area contributed by atoms with Gasteiger partial charge in [0.05, 0.1) is 5.92 Å². The molecule has 2 aromatic rings. The molecule has 24 heavy (non-hydrogen) atoms. The molecule has 7 heteroatoms. The normalized spacial score (nSPS) is 21.7. The number of fused-ring (bicyclic) bond motifs is 1. The number of hydrogen-bond donors (Lipinski definition) is 0. The molecule has 4 rings (SSSR count). The molecule has 0 radical (unpaired) electrons. The number of hydrogen-bond acceptors (Lipinski definition) is 5. The molecule has 1 atom stereocenters. The van der Waals surface area contributed by atoms with Gasteiger partial charge in [-0.25, -0.2) is 4.98 Å². The molecule has 0 bridgehead atoms. The van der Waals surface area contributed by atoms with Gasteiger partial charge in [-0.1, -0.05) is 23.9 Å². The third-order valence-electron chi connectivity index (χ3n) is 4.60. The molecule has 2 amide bonds. The first-order chi connectivity index (χ1) is 11.7. The molecule has 0 aliphatic carbocycles. The Hall–Kier alpha value is -2.02. The number of thioether (sulfide) groups is 1. The summed E-state index contributed by atoms with van der Waals surface area (Å²) in [5.74, 6) is 1.63. The van der Waals surface area contributed by atoms with Gasteiger partial charge in [-0.2, -0.15) is 0 Å². The number of nitrogens with zero attached hydrogens (tertiary/aromatic N) is 3. The van der Waals surface area contributed by atoms with Gasteiger partial charge in [-0.15, -0.1) is 0 Å². The average Bonchev–Trinajstić information content (AvgIpc) is 3.21. The van der Waals surface area contributed by atoms with Gasteiger partial charge in [0.15, 0.2) is 11.5 Å². The second-order valence-electron chi connectivity index (χ2n) is 6.23. The molecule has 2 fully saturated rings. The first kappa shape index (κ1) is 15.5. The maximum Gasteiger partial charge on any atom is 0.282 e. The van der Waals surface area contributed by atoms with E-state index < -0.39 is 0 Å². The fraction of sp³-hybridized carbons (Fsp3) is 0.471. The Balaban J connectivity index is 1.45. The molecule has 2 saturated heterocycles. The van der Waals surface area contributed by atoms with Crippen LogP contribution in [-0.2, 0) is 4.79 Å². The molecule has 3 heterocycles. The third kappa shape index (κ3) is 3.00. The van der Waals surface area contributed by atoms with E-state index in [1.807, 2.05) is 29.2 Å². The van der Waals surface area contributed by atoms with Gasteiger partial charge in [0.2, 0.25) is 5.91 Å². The number of para-hydroxylation sites is 2. The van der Waals surface area contributed by atoms with E-state index in [9.17, 15) is 9.59 Å². The van der Waals surface area contributed by atoms with Gasteiger partial charge < -0.3 is 14.2 Å². The Morgan fingerprint density at radius 1 is 1.33 bits per heavy atom. The lowest BCUT2D eigenvalue weighted by molar-refractivity contribution is -0.132. The van der Waals surface area contributed by atoms with E-state index >= 15 is 0 Å². The highest BCUT2D eigenvalue weighted by Crippen LogP contribution is 2.29. The van der Waals surface area contributed by atoms with Crippen LogP contribution >= 0.6 is 11.8 Å². The summed E-state index contributed by atoms with van der Waals surface area (Å²) < 4.78 is 5.87. The molecule has 1 aromatic heterocycles. The summed E-state index contributed by atoms with van der Waals surface area (Å²) in [7, 11) is 0. The topological polar surface area (TPSA) is 66.7 Å². The molecule has 126 valence electrons. The molecule has 0 saturated carbocycles. The van der Waals surface area contributed by atoms with Crippen LogP contribution < -0.4 is 0 Å². The first-order valence-corrected chi connectivity index (χ1v) is 9.24. The van der Waals surface area contributed by atoms with Crippen molar-refractivity contribution >= 4 is 34.0 Å². The van der Waals surface area contributed by atoms with Crippen LogP contribution in [-0.4, -0.2) is 57.9 Å². The van der Waals surface area contributed by atoms with Crippen LogP contribution in [0.3, 0.4) is 0 Å². The number of benzene rings is 1. The van der Waals surface area contributed by atoms with Crippen LogP contribution in [0.15, 0.2) is 28.7 Å². The lowest BCUT2D eigenvalue weighted by atomic mass is 9.98. The monoisotopic (exact) mass is 345 g/mol. The minimum atomic E-state index is 0.0101.